The van der Waals surface area contributed by atoms with Gasteiger partial charge in [-0.15, -0.1) is 0 Å². The summed E-state index contributed by atoms with van der Waals surface area (Å²) in [6.45, 7) is 0. The maximum Gasteiger partial charge on any atom is 0.307 e. The Bertz CT molecular complexity index is 1050. The lowest BCUT2D eigenvalue weighted by Gasteiger charge is -2.18. The molecule has 0 radical (unpaired) electrons. The van der Waals surface area contributed by atoms with Crippen molar-refractivity contribution in [2.75, 3.05) is 0 Å². The molecule has 0 spiro atoms. The van der Waals surface area contributed by atoms with Crippen molar-refractivity contribution in [3.63, 3.8) is 0 Å². The van der Waals surface area contributed by atoms with Crippen molar-refractivity contribution in [1.82, 2.24) is 19.3 Å². The summed E-state index contributed by atoms with van der Waals surface area (Å²) in [4.78, 5) is 16.0. The van der Waals surface area contributed by atoms with Gasteiger partial charge in [-0.1, -0.05) is 41.1 Å². The summed E-state index contributed by atoms with van der Waals surface area (Å²) in [6.07, 6.45) is 3.21. The van der Waals surface area contributed by atoms with Crippen LogP contribution in [0.4, 0.5) is 0 Å². The highest BCUT2D eigenvalue weighted by molar-refractivity contribution is 7.16. The molecule has 24 heavy (non-hydrogen) atoms. The number of thiazole rings is 1. The Morgan fingerprint density at radius 3 is 2.58 bits per heavy atom. The molecule has 120 valence electrons. The van der Waals surface area contributed by atoms with Crippen molar-refractivity contribution in [3.05, 3.63) is 80.9 Å². The van der Waals surface area contributed by atoms with Crippen LogP contribution in [0.1, 0.15) is 17.2 Å². The van der Waals surface area contributed by atoms with Crippen molar-refractivity contribution < 1.29 is 0 Å². The molecule has 1 unspecified atom stereocenters. The smallest absolute Gasteiger partial charge is 0.302 e. The zero-order chi connectivity index (χ0) is 16.7. The molecule has 1 atom stereocenters. The SMILES string of the molecule is Cn1c(=O)sc2cc(C(c3ccc(Cl)cc3)n3cncn3)ccc21. The van der Waals surface area contributed by atoms with E-state index in [2.05, 4.69) is 10.1 Å². The Morgan fingerprint density at radius 1 is 1.12 bits per heavy atom. The van der Waals surface area contributed by atoms with E-state index in [1.165, 1.54) is 17.7 Å². The molecule has 2 aromatic heterocycles. The van der Waals surface area contributed by atoms with Crippen LogP contribution >= 0.6 is 22.9 Å². The van der Waals surface area contributed by atoms with E-state index in [1.807, 2.05) is 42.5 Å². The molecular weight excluding hydrogens is 344 g/mol. The van der Waals surface area contributed by atoms with E-state index in [0.717, 1.165) is 21.3 Å². The lowest BCUT2D eigenvalue weighted by Crippen LogP contribution is -2.13. The second-order valence-electron chi connectivity index (χ2n) is 5.48. The first-order chi connectivity index (χ1) is 11.6. The molecule has 4 aromatic rings. The third-order valence-electron chi connectivity index (χ3n) is 4.02. The highest BCUT2D eigenvalue weighted by atomic mass is 35.5. The van der Waals surface area contributed by atoms with Gasteiger partial charge in [-0.25, -0.2) is 9.67 Å². The largest absolute Gasteiger partial charge is 0.307 e. The Morgan fingerprint density at radius 2 is 1.88 bits per heavy atom. The lowest BCUT2D eigenvalue weighted by molar-refractivity contribution is 0.594. The number of aromatic nitrogens is 4. The summed E-state index contributed by atoms with van der Waals surface area (Å²) in [5, 5.41) is 4.99. The molecule has 0 amide bonds. The summed E-state index contributed by atoms with van der Waals surface area (Å²) in [7, 11) is 1.79. The van der Waals surface area contributed by atoms with Gasteiger partial charge in [0.25, 0.3) is 0 Å². The molecular formula is C17H13ClN4OS. The van der Waals surface area contributed by atoms with Crippen LogP contribution in [0.3, 0.4) is 0 Å². The van der Waals surface area contributed by atoms with Crippen LogP contribution < -0.4 is 4.87 Å². The summed E-state index contributed by atoms with van der Waals surface area (Å²) in [5.41, 5.74) is 3.02. The maximum absolute atomic E-state index is 11.9. The number of nitrogens with zero attached hydrogens (tertiary/aromatic N) is 4. The molecule has 0 aliphatic heterocycles. The van der Waals surface area contributed by atoms with Gasteiger partial charge in [0.2, 0.25) is 0 Å². The molecule has 0 fully saturated rings. The predicted octanol–water partition coefficient (Wildman–Crippen LogP) is 3.48. The fourth-order valence-corrected chi connectivity index (χ4v) is 3.87. The first kappa shape index (κ1) is 15.1. The maximum atomic E-state index is 11.9. The molecule has 5 nitrogen and oxygen atoms in total. The molecule has 0 saturated heterocycles. The Kier molecular flexibility index (Phi) is 3.70. The van der Waals surface area contributed by atoms with Gasteiger partial charge in [-0.2, -0.15) is 5.10 Å². The van der Waals surface area contributed by atoms with Crippen LogP contribution in [-0.2, 0) is 7.05 Å². The standard InChI is InChI=1S/C17H13ClN4OS/c1-21-14-7-4-12(8-15(14)24-17(21)23)16(22-10-19-9-20-22)11-2-5-13(18)6-3-11/h2-10,16H,1H3. The molecule has 0 bridgehead atoms. The van der Waals surface area contributed by atoms with Crippen LogP contribution in [0.25, 0.3) is 10.2 Å². The van der Waals surface area contributed by atoms with Crippen LogP contribution in [0.15, 0.2) is 59.9 Å². The number of halogens is 1. The van der Waals surface area contributed by atoms with E-state index in [-0.39, 0.29) is 10.9 Å². The van der Waals surface area contributed by atoms with Gasteiger partial charge in [-0.3, -0.25) is 4.79 Å². The summed E-state index contributed by atoms with van der Waals surface area (Å²) in [5.74, 6) is 0. The highest BCUT2D eigenvalue weighted by Crippen LogP contribution is 2.30. The Balaban J connectivity index is 1.90. The number of rotatable bonds is 3. The monoisotopic (exact) mass is 356 g/mol. The van der Waals surface area contributed by atoms with E-state index in [9.17, 15) is 4.79 Å². The third-order valence-corrected chi connectivity index (χ3v) is 5.27. The van der Waals surface area contributed by atoms with Gasteiger partial charge >= 0.3 is 4.87 Å². The van der Waals surface area contributed by atoms with Crippen molar-refractivity contribution in [3.8, 4) is 0 Å². The third kappa shape index (κ3) is 2.53. The fraction of sp³-hybridized carbons (Fsp3) is 0.118. The molecule has 0 aliphatic rings. The first-order valence-corrected chi connectivity index (χ1v) is 8.52. The number of fused-ring (bicyclic) bond motifs is 1. The van der Waals surface area contributed by atoms with E-state index in [0.29, 0.717) is 5.02 Å². The van der Waals surface area contributed by atoms with Gasteiger partial charge in [0.1, 0.15) is 18.7 Å². The Hall–Kier alpha value is -2.44. The van der Waals surface area contributed by atoms with Gasteiger partial charge in [0.15, 0.2) is 0 Å². The van der Waals surface area contributed by atoms with Gasteiger partial charge in [-0.05, 0) is 35.4 Å². The van der Waals surface area contributed by atoms with Crippen molar-refractivity contribution in [1.29, 1.82) is 0 Å². The molecule has 4 rings (SSSR count). The molecule has 0 N–H and O–H groups in total. The molecule has 0 saturated carbocycles. The van der Waals surface area contributed by atoms with Crippen LogP contribution in [0, 0.1) is 0 Å². The highest BCUT2D eigenvalue weighted by Gasteiger charge is 2.18. The van der Waals surface area contributed by atoms with Crippen molar-refractivity contribution >= 4 is 33.2 Å². The van der Waals surface area contributed by atoms with Crippen LogP contribution in [-0.4, -0.2) is 19.3 Å². The number of benzene rings is 2. The number of hydrogen-bond acceptors (Lipinski definition) is 4. The molecule has 7 heteroatoms. The Labute approximate surface area is 146 Å². The minimum Gasteiger partial charge on any atom is -0.302 e. The summed E-state index contributed by atoms with van der Waals surface area (Å²) >= 11 is 7.26. The van der Waals surface area contributed by atoms with Crippen molar-refractivity contribution in [2.45, 2.75) is 6.04 Å². The van der Waals surface area contributed by atoms with Gasteiger partial charge in [0.05, 0.1) is 10.2 Å². The van der Waals surface area contributed by atoms with Crippen LogP contribution in [0.2, 0.25) is 5.02 Å². The van der Waals surface area contributed by atoms with E-state index < -0.39 is 0 Å². The number of aryl methyl sites for hydroxylation is 1. The summed E-state index contributed by atoms with van der Waals surface area (Å²) < 4.78 is 4.42. The fourth-order valence-electron chi connectivity index (χ4n) is 2.81. The van der Waals surface area contributed by atoms with Gasteiger partial charge in [0, 0.05) is 12.1 Å². The van der Waals surface area contributed by atoms with Crippen molar-refractivity contribution in [2.24, 2.45) is 7.05 Å². The van der Waals surface area contributed by atoms with E-state index >= 15 is 0 Å². The summed E-state index contributed by atoms with van der Waals surface area (Å²) in [6, 6.07) is 13.6. The molecule has 0 aliphatic carbocycles. The van der Waals surface area contributed by atoms with E-state index in [4.69, 9.17) is 11.6 Å². The topological polar surface area (TPSA) is 52.7 Å². The molecule has 2 aromatic carbocycles. The average Bonchev–Trinajstić information content (AvgIpc) is 3.19. The predicted molar refractivity (Wildman–Crippen MR) is 95.8 cm³/mol. The van der Waals surface area contributed by atoms with E-state index in [1.54, 1.807) is 22.6 Å². The quantitative estimate of drug-likeness (QED) is 0.564. The van der Waals surface area contributed by atoms with Crippen LogP contribution in [0.5, 0.6) is 0 Å². The second-order valence-corrected chi connectivity index (χ2v) is 6.91. The average molecular weight is 357 g/mol. The first-order valence-electron chi connectivity index (χ1n) is 7.32. The zero-order valence-electron chi connectivity index (χ0n) is 12.8. The van der Waals surface area contributed by atoms with Gasteiger partial charge < -0.3 is 4.57 Å². The minimum atomic E-state index is -0.128. The number of hydrogen-bond donors (Lipinski definition) is 0. The normalized spacial score (nSPS) is 12.6. The second kappa shape index (κ2) is 5.89. The minimum absolute atomic E-state index is 0.0333. The zero-order valence-corrected chi connectivity index (χ0v) is 14.3. The molecule has 2 heterocycles. The lowest BCUT2D eigenvalue weighted by atomic mass is 9.99.